The molecule has 1 aromatic rings. The molecule has 0 saturated heterocycles. The molecule has 4 nitrogen and oxygen atoms in total. The number of rotatable bonds is 5. The van der Waals surface area contributed by atoms with Crippen molar-refractivity contribution in [2.75, 3.05) is 20.5 Å². The van der Waals surface area contributed by atoms with Crippen LogP contribution in [0.5, 0.6) is 5.75 Å². The van der Waals surface area contributed by atoms with Gasteiger partial charge in [-0.05, 0) is 25.1 Å². The van der Waals surface area contributed by atoms with Crippen molar-refractivity contribution in [1.82, 2.24) is 0 Å². The second kappa shape index (κ2) is 6.50. The van der Waals surface area contributed by atoms with Gasteiger partial charge in [-0.3, -0.25) is 0 Å². The lowest BCUT2D eigenvalue weighted by molar-refractivity contribution is 0.0438. The number of methoxy groups -OCH3 is 1. The van der Waals surface area contributed by atoms with Crippen molar-refractivity contribution in [3.63, 3.8) is 0 Å². The van der Waals surface area contributed by atoms with Crippen LogP contribution in [0.15, 0.2) is 22.7 Å². The van der Waals surface area contributed by atoms with Gasteiger partial charge in [0.1, 0.15) is 11.3 Å². The van der Waals surface area contributed by atoms with Crippen molar-refractivity contribution in [2.24, 2.45) is 0 Å². The number of esters is 1. The molecule has 0 aliphatic heterocycles. The van der Waals surface area contributed by atoms with E-state index in [1.54, 1.807) is 25.1 Å². The third kappa shape index (κ3) is 3.50. The smallest absolute Gasteiger partial charge is 0.341 e. The molecule has 0 fully saturated rings. The molecule has 0 saturated carbocycles. The maximum Gasteiger partial charge on any atom is 0.341 e. The maximum atomic E-state index is 11.6. The number of carbonyl (C=O) groups is 1. The van der Waals surface area contributed by atoms with E-state index in [2.05, 4.69) is 15.9 Å². The summed E-state index contributed by atoms with van der Waals surface area (Å²) in [5.41, 5.74) is 0.391. The van der Waals surface area contributed by atoms with E-state index in [4.69, 9.17) is 14.2 Å². The summed E-state index contributed by atoms with van der Waals surface area (Å²) >= 11 is 3.30. The fourth-order valence-electron chi connectivity index (χ4n) is 1.12. The first kappa shape index (κ1) is 13.0. The lowest BCUT2D eigenvalue weighted by Crippen LogP contribution is -2.09. The molecule has 88 valence electrons. The molecule has 5 heteroatoms. The first-order valence-corrected chi connectivity index (χ1v) is 5.56. The Morgan fingerprint density at radius 1 is 1.44 bits per heavy atom. The molecular formula is C11H13BrO4. The molecule has 0 heterocycles. The van der Waals surface area contributed by atoms with Gasteiger partial charge < -0.3 is 14.2 Å². The van der Waals surface area contributed by atoms with E-state index in [9.17, 15) is 4.79 Å². The summed E-state index contributed by atoms with van der Waals surface area (Å²) in [4.78, 5) is 11.6. The zero-order chi connectivity index (χ0) is 12.0. The molecule has 0 bridgehead atoms. The van der Waals surface area contributed by atoms with Crippen LogP contribution in [0, 0.1) is 0 Å². The van der Waals surface area contributed by atoms with Crippen LogP contribution in [0.4, 0.5) is 0 Å². The normalized spacial score (nSPS) is 9.94. The lowest BCUT2D eigenvalue weighted by atomic mass is 10.2. The predicted molar refractivity (Wildman–Crippen MR) is 62.6 cm³/mol. The highest BCUT2D eigenvalue weighted by molar-refractivity contribution is 9.10. The van der Waals surface area contributed by atoms with Crippen LogP contribution in [0.25, 0.3) is 0 Å². The van der Waals surface area contributed by atoms with Crippen LogP contribution in [-0.4, -0.2) is 26.5 Å². The Morgan fingerprint density at radius 2 is 2.19 bits per heavy atom. The molecule has 1 aromatic carbocycles. The largest absolute Gasteiger partial charge is 0.467 e. The Bertz CT molecular complexity index is 365. The summed E-state index contributed by atoms with van der Waals surface area (Å²) in [6.45, 7) is 2.17. The molecule has 0 aliphatic carbocycles. The molecule has 0 atom stereocenters. The Labute approximate surface area is 103 Å². The SMILES string of the molecule is CCOC(=O)c1ccc(Br)cc1OCOC. The van der Waals surface area contributed by atoms with Crippen molar-refractivity contribution in [1.29, 1.82) is 0 Å². The first-order valence-electron chi connectivity index (χ1n) is 4.77. The van der Waals surface area contributed by atoms with Crippen LogP contribution in [-0.2, 0) is 9.47 Å². The van der Waals surface area contributed by atoms with E-state index in [1.807, 2.05) is 0 Å². The van der Waals surface area contributed by atoms with Gasteiger partial charge in [0.15, 0.2) is 6.79 Å². The topological polar surface area (TPSA) is 44.8 Å². The van der Waals surface area contributed by atoms with Gasteiger partial charge in [0.05, 0.1) is 6.61 Å². The quantitative estimate of drug-likeness (QED) is 0.617. The maximum absolute atomic E-state index is 11.6. The minimum Gasteiger partial charge on any atom is -0.467 e. The minimum atomic E-state index is -0.402. The zero-order valence-electron chi connectivity index (χ0n) is 9.16. The summed E-state index contributed by atoms with van der Waals surface area (Å²) in [6.07, 6.45) is 0. The molecule has 0 amide bonds. The average Bonchev–Trinajstić information content (AvgIpc) is 2.26. The van der Waals surface area contributed by atoms with Crippen LogP contribution >= 0.6 is 15.9 Å². The first-order chi connectivity index (χ1) is 7.69. The molecule has 0 unspecified atom stereocenters. The van der Waals surface area contributed by atoms with Gasteiger partial charge in [-0.15, -0.1) is 0 Å². The summed E-state index contributed by atoms with van der Waals surface area (Å²) in [6, 6.07) is 5.10. The molecular weight excluding hydrogens is 276 g/mol. The zero-order valence-corrected chi connectivity index (χ0v) is 10.7. The third-order valence-corrected chi connectivity index (χ3v) is 2.26. The van der Waals surface area contributed by atoms with Crippen molar-refractivity contribution in [3.05, 3.63) is 28.2 Å². The molecule has 16 heavy (non-hydrogen) atoms. The highest BCUT2D eigenvalue weighted by atomic mass is 79.9. The second-order valence-electron chi connectivity index (χ2n) is 2.91. The van der Waals surface area contributed by atoms with Gasteiger partial charge in [0.2, 0.25) is 0 Å². The van der Waals surface area contributed by atoms with E-state index in [-0.39, 0.29) is 6.79 Å². The van der Waals surface area contributed by atoms with Crippen molar-refractivity contribution in [3.8, 4) is 5.75 Å². The molecule has 0 aliphatic rings. The third-order valence-electron chi connectivity index (χ3n) is 1.77. The predicted octanol–water partition coefficient (Wildman–Crippen LogP) is 2.61. The van der Waals surface area contributed by atoms with Gasteiger partial charge in [0, 0.05) is 11.6 Å². The van der Waals surface area contributed by atoms with Gasteiger partial charge in [-0.25, -0.2) is 4.79 Å². The van der Waals surface area contributed by atoms with E-state index < -0.39 is 5.97 Å². The minimum absolute atomic E-state index is 0.0862. The van der Waals surface area contributed by atoms with Crippen LogP contribution < -0.4 is 4.74 Å². The number of benzene rings is 1. The van der Waals surface area contributed by atoms with E-state index >= 15 is 0 Å². The van der Waals surface area contributed by atoms with Crippen molar-refractivity contribution >= 4 is 21.9 Å². The highest BCUT2D eigenvalue weighted by Gasteiger charge is 2.13. The summed E-state index contributed by atoms with van der Waals surface area (Å²) in [5.74, 6) is 0.0378. The van der Waals surface area contributed by atoms with Gasteiger partial charge in [0.25, 0.3) is 0 Å². The summed E-state index contributed by atoms with van der Waals surface area (Å²) in [5, 5.41) is 0. The van der Waals surface area contributed by atoms with E-state index in [0.717, 1.165) is 4.47 Å². The molecule has 0 radical (unpaired) electrons. The molecule has 0 N–H and O–H groups in total. The van der Waals surface area contributed by atoms with Gasteiger partial charge in [-0.1, -0.05) is 15.9 Å². The van der Waals surface area contributed by atoms with Crippen LogP contribution in [0.3, 0.4) is 0 Å². The number of halogens is 1. The monoisotopic (exact) mass is 288 g/mol. The average molecular weight is 289 g/mol. The lowest BCUT2D eigenvalue weighted by Gasteiger charge is -2.10. The number of hydrogen-bond acceptors (Lipinski definition) is 4. The summed E-state index contributed by atoms with van der Waals surface area (Å²) in [7, 11) is 1.52. The highest BCUT2D eigenvalue weighted by Crippen LogP contribution is 2.24. The van der Waals surface area contributed by atoms with Crippen LogP contribution in [0.2, 0.25) is 0 Å². The Balaban J connectivity index is 2.92. The standard InChI is InChI=1S/C11H13BrO4/c1-3-15-11(13)9-5-4-8(12)6-10(9)16-7-14-2/h4-6H,3,7H2,1-2H3. The Hall–Kier alpha value is -1.07. The van der Waals surface area contributed by atoms with Gasteiger partial charge >= 0.3 is 5.97 Å². The van der Waals surface area contributed by atoms with E-state index in [1.165, 1.54) is 7.11 Å². The van der Waals surface area contributed by atoms with Gasteiger partial charge in [-0.2, -0.15) is 0 Å². The molecule has 1 rings (SSSR count). The van der Waals surface area contributed by atoms with E-state index in [0.29, 0.717) is 17.9 Å². The number of ether oxygens (including phenoxy) is 3. The number of hydrogen-bond donors (Lipinski definition) is 0. The fourth-order valence-corrected chi connectivity index (χ4v) is 1.46. The number of carbonyl (C=O) groups excluding carboxylic acids is 1. The van der Waals surface area contributed by atoms with Crippen molar-refractivity contribution < 1.29 is 19.0 Å². The second-order valence-corrected chi connectivity index (χ2v) is 3.83. The van der Waals surface area contributed by atoms with Crippen molar-refractivity contribution in [2.45, 2.75) is 6.92 Å². The Morgan fingerprint density at radius 3 is 2.81 bits per heavy atom. The molecule has 0 spiro atoms. The summed E-state index contributed by atoms with van der Waals surface area (Å²) < 4.78 is 15.8. The van der Waals surface area contributed by atoms with Crippen LogP contribution in [0.1, 0.15) is 17.3 Å². The fraction of sp³-hybridized carbons (Fsp3) is 0.364. The molecule has 0 aromatic heterocycles. The Kier molecular flexibility index (Phi) is 5.28.